The summed E-state index contributed by atoms with van der Waals surface area (Å²) >= 11 is 0. The monoisotopic (exact) mass is 326 g/mol. The molecule has 0 N–H and O–H groups in total. The average molecular weight is 326 g/mol. The fourth-order valence-corrected chi connectivity index (χ4v) is 4.09. The van der Waals surface area contributed by atoms with Gasteiger partial charge >= 0.3 is 0 Å². The maximum Gasteiger partial charge on any atom is 0.254 e. The number of rotatable bonds is 4. The molecule has 1 amide bonds. The van der Waals surface area contributed by atoms with Gasteiger partial charge in [-0.15, -0.1) is 0 Å². The van der Waals surface area contributed by atoms with Gasteiger partial charge in [0.1, 0.15) is 5.75 Å². The fourth-order valence-electron chi connectivity index (χ4n) is 4.09. The molecule has 126 valence electrons. The van der Waals surface area contributed by atoms with E-state index in [1.54, 1.807) is 12.4 Å². The largest absolute Gasteiger partial charge is 0.494 e. The van der Waals surface area contributed by atoms with Crippen LogP contribution in [0.3, 0.4) is 0 Å². The van der Waals surface area contributed by atoms with Crippen LogP contribution in [0, 0.1) is 0 Å². The van der Waals surface area contributed by atoms with Crippen molar-refractivity contribution in [2.45, 2.75) is 50.7 Å². The molecule has 3 heterocycles. The van der Waals surface area contributed by atoms with E-state index in [9.17, 15) is 4.79 Å². The van der Waals surface area contributed by atoms with E-state index >= 15 is 0 Å². The highest BCUT2D eigenvalue weighted by Crippen LogP contribution is 2.41. The molecule has 0 saturated carbocycles. The number of carbonyl (C=O) groups excluding carboxylic acids is 1. The van der Waals surface area contributed by atoms with E-state index in [-0.39, 0.29) is 5.91 Å². The van der Waals surface area contributed by atoms with Gasteiger partial charge in [0, 0.05) is 17.6 Å². The molecular weight excluding hydrogens is 304 g/mol. The third kappa shape index (κ3) is 2.66. The number of nitrogens with zero attached hydrogens (tertiary/aromatic N) is 4. The van der Waals surface area contributed by atoms with E-state index in [0.29, 0.717) is 24.7 Å². The first kappa shape index (κ1) is 15.2. The van der Waals surface area contributed by atoms with Crippen LogP contribution in [0.25, 0.3) is 0 Å². The second-order valence-corrected chi connectivity index (χ2v) is 6.53. The summed E-state index contributed by atoms with van der Waals surface area (Å²) in [4.78, 5) is 16.9. The van der Waals surface area contributed by atoms with Crippen molar-refractivity contribution in [3.63, 3.8) is 0 Å². The Morgan fingerprint density at radius 2 is 1.71 bits per heavy atom. The Kier molecular flexibility index (Phi) is 3.96. The van der Waals surface area contributed by atoms with Crippen LogP contribution in [-0.4, -0.2) is 44.5 Å². The highest BCUT2D eigenvalue weighted by molar-refractivity contribution is 5.95. The maximum atomic E-state index is 13.0. The summed E-state index contributed by atoms with van der Waals surface area (Å²) in [6.45, 7) is 2.59. The van der Waals surface area contributed by atoms with Crippen LogP contribution < -0.4 is 4.74 Å². The molecule has 1 aromatic carbocycles. The molecule has 2 aliphatic rings. The lowest BCUT2D eigenvalue weighted by Crippen LogP contribution is -2.47. The minimum atomic E-state index is 0.137. The molecule has 1 aromatic heterocycles. The number of piperidine rings is 1. The van der Waals surface area contributed by atoms with Gasteiger partial charge in [-0.1, -0.05) is 0 Å². The van der Waals surface area contributed by atoms with Crippen molar-refractivity contribution in [3.8, 4) is 5.75 Å². The van der Waals surface area contributed by atoms with Crippen LogP contribution in [0.1, 0.15) is 49.0 Å². The highest BCUT2D eigenvalue weighted by atomic mass is 16.5. The Bertz CT molecular complexity index is 684. The fraction of sp³-hybridized carbons (Fsp3) is 0.500. The standard InChI is InChI=1S/C18H22N4O2/c1-2-24-17-7-3-13(4-8-17)18(23)21-14-5-6-15(21)12-16(11-14)22-19-9-10-20-22/h3-4,7-10,14-16H,2,5-6,11-12H2,1H3. The molecular formula is C18H22N4O2. The Balaban J connectivity index is 1.50. The summed E-state index contributed by atoms with van der Waals surface area (Å²) < 4.78 is 5.45. The normalized spacial score (nSPS) is 25.7. The van der Waals surface area contributed by atoms with Gasteiger partial charge in [-0.2, -0.15) is 15.0 Å². The van der Waals surface area contributed by atoms with Crippen molar-refractivity contribution in [2.75, 3.05) is 6.61 Å². The van der Waals surface area contributed by atoms with Crippen molar-refractivity contribution < 1.29 is 9.53 Å². The first-order valence-corrected chi connectivity index (χ1v) is 8.67. The van der Waals surface area contributed by atoms with Crippen LogP contribution in [0.5, 0.6) is 5.75 Å². The smallest absolute Gasteiger partial charge is 0.254 e. The van der Waals surface area contributed by atoms with Crippen molar-refractivity contribution in [3.05, 3.63) is 42.2 Å². The zero-order valence-electron chi connectivity index (χ0n) is 13.8. The molecule has 4 rings (SSSR count). The number of benzene rings is 1. The summed E-state index contributed by atoms with van der Waals surface area (Å²) in [6, 6.07) is 8.37. The molecule has 2 bridgehead atoms. The number of aromatic nitrogens is 3. The maximum absolute atomic E-state index is 13.0. The zero-order valence-corrected chi connectivity index (χ0v) is 13.8. The lowest BCUT2D eigenvalue weighted by molar-refractivity contribution is 0.0512. The molecule has 2 aliphatic heterocycles. The van der Waals surface area contributed by atoms with E-state index in [1.807, 2.05) is 36.0 Å². The highest BCUT2D eigenvalue weighted by Gasteiger charge is 2.44. The lowest BCUT2D eigenvalue weighted by Gasteiger charge is -2.38. The second kappa shape index (κ2) is 6.26. The zero-order chi connectivity index (χ0) is 16.5. The molecule has 2 atom stereocenters. The third-order valence-corrected chi connectivity index (χ3v) is 5.12. The summed E-state index contributed by atoms with van der Waals surface area (Å²) in [5.74, 6) is 0.943. The van der Waals surface area contributed by atoms with E-state index < -0.39 is 0 Å². The van der Waals surface area contributed by atoms with Crippen molar-refractivity contribution in [1.29, 1.82) is 0 Å². The van der Waals surface area contributed by atoms with Gasteiger partial charge in [-0.3, -0.25) is 4.79 Å². The van der Waals surface area contributed by atoms with Crippen LogP contribution in [0.4, 0.5) is 0 Å². The quantitative estimate of drug-likeness (QED) is 0.867. The molecule has 2 unspecified atom stereocenters. The van der Waals surface area contributed by atoms with E-state index in [2.05, 4.69) is 15.1 Å². The molecule has 0 aliphatic carbocycles. The Morgan fingerprint density at radius 3 is 2.29 bits per heavy atom. The molecule has 24 heavy (non-hydrogen) atoms. The summed E-state index contributed by atoms with van der Waals surface area (Å²) in [5.41, 5.74) is 0.742. The van der Waals surface area contributed by atoms with Crippen LogP contribution in [0.2, 0.25) is 0 Å². The number of fused-ring (bicyclic) bond motifs is 2. The van der Waals surface area contributed by atoms with Crippen molar-refractivity contribution in [2.24, 2.45) is 0 Å². The van der Waals surface area contributed by atoms with Gasteiger partial charge in [-0.25, -0.2) is 0 Å². The van der Waals surface area contributed by atoms with Crippen LogP contribution >= 0.6 is 0 Å². The van der Waals surface area contributed by atoms with Crippen LogP contribution in [-0.2, 0) is 0 Å². The molecule has 6 heteroatoms. The number of carbonyl (C=O) groups is 1. The predicted octanol–water partition coefficient (Wildman–Crippen LogP) is 2.69. The molecule has 2 fully saturated rings. The van der Waals surface area contributed by atoms with E-state index in [0.717, 1.165) is 37.0 Å². The van der Waals surface area contributed by atoms with Crippen molar-refractivity contribution in [1.82, 2.24) is 19.9 Å². The van der Waals surface area contributed by atoms with Gasteiger partial charge in [0.05, 0.1) is 25.0 Å². The van der Waals surface area contributed by atoms with Gasteiger partial charge in [0.15, 0.2) is 0 Å². The van der Waals surface area contributed by atoms with Crippen molar-refractivity contribution >= 4 is 5.91 Å². The molecule has 0 spiro atoms. The molecule has 2 aromatic rings. The first-order chi connectivity index (χ1) is 11.8. The Labute approximate surface area is 141 Å². The molecule has 6 nitrogen and oxygen atoms in total. The topological polar surface area (TPSA) is 60.2 Å². The summed E-state index contributed by atoms with van der Waals surface area (Å²) in [7, 11) is 0. The van der Waals surface area contributed by atoms with Gasteiger partial charge < -0.3 is 9.64 Å². The van der Waals surface area contributed by atoms with Crippen LogP contribution in [0.15, 0.2) is 36.7 Å². The minimum Gasteiger partial charge on any atom is -0.494 e. The second-order valence-electron chi connectivity index (χ2n) is 6.53. The Hall–Kier alpha value is -2.37. The first-order valence-electron chi connectivity index (χ1n) is 8.67. The van der Waals surface area contributed by atoms with E-state index in [4.69, 9.17) is 4.74 Å². The minimum absolute atomic E-state index is 0.137. The summed E-state index contributed by atoms with van der Waals surface area (Å²) in [6.07, 6.45) is 7.47. The van der Waals surface area contributed by atoms with E-state index in [1.165, 1.54) is 0 Å². The number of hydrogen-bond acceptors (Lipinski definition) is 4. The van der Waals surface area contributed by atoms with Gasteiger partial charge in [0.2, 0.25) is 0 Å². The number of hydrogen-bond donors (Lipinski definition) is 0. The van der Waals surface area contributed by atoms with Gasteiger partial charge in [0.25, 0.3) is 5.91 Å². The summed E-state index contributed by atoms with van der Waals surface area (Å²) in [5, 5.41) is 8.56. The SMILES string of the molecule is CCOc1ccc(C(=O)N2C3CCC2CC(n2nccn2)C3)cc1. The third-order valence-electron chi connectivity index (χ3n) is 5.12. The van der Waals surface area contributed by atoms with Gasteiger partial charge in [-0.05, 0) is 56.9 Å². The lowest BCUT2D eigenvalue weighted by atomic mass is 9.96. The number of ether oxygens (including phenoxy) is 1. The molecule has 0 radical (unpaired) electrons. The average Bonchev–Trinajstić information content (AvgIpc) is 3.22. The predicted molar refractivity (Wildman–Crippen MR) is 88.9 cm³/mol. The molecule has 2 saturated heterocycles. The number of amides is 1. The Morgan fingerprint density at radius 1 is 1.08 bits per heavy atom.